The monoisotopic (exact) mass is 328 g/mol. The molecule has 5 heteroatoms. The van der Waals surface area contributed by atoms with E-state index >= 15 is 0 Å². The van der Waals surface area contributed by atoms with E-state index in [1.54, 1.807) is 0 Å². The van der Waals surface area contributed by atoms with Crippen molar-refractivity contribution in [2.45, 2.75) is 32.1 Å². The predicted octanol–water partition coefficient (Wildman–Crippen LogP) is 3.72. The maximum atomic E-state index is 12.2. The van der Waals surface area contributed by atoms with Crippen LogP contribution >= 0.6 is 11.8 Å². The molecule has 2 fully saturated rings. The largest absolute Gasteiger partial charge is 0.339 e. The second-order valence-electron chi connectivity index (χ2n) is 6.51. The zero-order chi connectivity index (χ0) is 15.8. The second-order valence-corrected chi connectivity index (χ2v) is 7.58. The van der Waals surface area contributed by atoms with Gasteiger partial charge in [-0.3, -0.25) is 4.79 Å². The summed E-state index contributed by atoms with van der Waals surface area (Å²) in [6, 6.07) is 8.30. The molecule has 4 nitrogen and oxygen atoms in total. The average molecular weight is 328 g/mol. The number of ketones is 1. The zero-order valence-electron chi connectivity index (χ0n) is 13.2. The van der Waals surface area contributed by atoms with Gasteiger partial charge in [0.1, 0.15) is 5.78 Å². The summed E-state index contributed by atoms with van der Waals surface area (Å²) < 4.78 is 5.54. The lowest BCUT2D eigenvalue weighted by Gasteiger charge is -2.35. The van der Waals surface area contributed by atoms with Crippen LogP contribution in [0.15, 0.2) is 28.8 Å². The van der Waals surface area contributed by atoms with E-state index in [0.717, 1.165) is 36.3 Å². The first-order chi connectivity index (χ1) is 11.2. The molecule has 2 aromatic rings. The summed E-state index contributed by atoms with van der Waals surface area (Å²) in [5.74, 6) is 4.30. The summed E-state index contributed by atoms with van der Waals surface area (Å²) >= 11 is 1.91. The highest BCUT2D eigenvalue weighted by atomic mass is 32.2. The van der Waals surface area contributed by atoms with Crippen LogP contribution in [0.25, 0.3) is 11.4 Å². The molecule has 1 aromatic heterocycles. The molecule has 2 unspecified atom stereocenters. The lowest BCUT2D eigenvalue weighted by molar-refractivity contribution is -0.128. The van der Waals surface area contributed by atoms with Gasteiger partial charge in [0.2, 0.25) is 11.7 Å². The first kappa shape index (κ1) is 14.9. The summed E-state index contributed by atoms with van der Waals surface area (Å²) in [6.07, 6.45) is 2.74. The molecule has 0 spiro atoms. The van der Waals surface area contributed by atoms with Gasteiger partial charge in [-0.25, -0.2) is 0 Å². The maximum absolute atomic E-state index is 12.2. The van der Waals surface area contributed by atoms with Crippen LogP contribution in [0.4, 0.5) is 0 Å². The number of hydrogen-bond acceptors (Lipinski definition) is 5. The van der Waals surface area contributed by atoms with Crippen LogP contribution in [0.3, 0.4) is 0 Å². The molecule has 1 aliphatic heterocycles. The quantitative estimate of drug-likeness (QED) is 0.859. The fourth-order valence-electron chi connectivity index (χ4n) is 3.61. The molecule has 1 saturated heterocycles. The summed E-state index contributed by atoms with van der Waals surface area (Å²) in [7, 11) is 0. The normalized spacial score (nSPS) is 27.2. The number of carbonyl (C=O) groups is 1. The number of nitrogens with zero attached hydrogens (tertiary/aromatic N) is 2. The van der Waals surface area contributed by atoms with E-state index < -0.39 is 0 Å². The highest BCUT2D eigenvalue weighted by Gasteiger charge is 2.41. The molecule has 0 N–H and O–H groups in total. The Kier molecular flexibility index (Phi) is 3.97. The van der Waals surface area contributed by atoms with Crippen molar-refractivity contribution in [3.05, 3.63) is 35.7 Å². The van der Waals surface area contributed by atoms with Gasteiger partial charge >= 0.3 is 0 Å². The van der Waals surface area contributed by atoms with E-state index in [0.29, 0.717) is 17.5 Å². The van der Waals surface area contributed by atoms with E-state index in [4.69, 9.17) is 4.52 Å². The molecule has 2 atom stereocenters. The number of hydrogen-bond donors (Lipinski definition) is 0. The third-order valence-corrected chi connectivity index (χ3v) is 6.27. The van der Waals surface area contributed by atoms with Gasteiger partial charge in [0.15, 0.2) is 0 Å². The minimum absolute atomic E-state index is 0.177. The SMILES string of the molecule is CCc1ccc(-c2noc(C3CC4CSCC(C3)C4=O)n2)cc1. The molecular formula is C18H20N2O2S. The second kappa shape index (κ2) is 6.11. The fraction of sp³-hybridized carbons (Fsp3) is 0.500. The van der Waals surface area contributed by atoms with Gasteiger partial charge in [-0.1, -0.05) is 36.3 Å². The Morgan fingerprint density at radius 3 is 2.48 bits per heavy atom. The van der Waals surface area contributed by atoms with E-state index in [1.807, 2.05) is 23.9 Å². The van der Waals surface area contributed by atoms with Crippen LogP contribution < -0.4 is 0 Å². The fourth-order valence-corrected chi connectivity index (χ4v) is 4.92. The van der Waals surface area contributed by atoms with Gasteiger partial charge in [-0.05, 0) is 24.8 Å². The van der Waals surface area contributed by atoms with Crippen LogP contribution in [0, 0.1) is 11.8 Å². The molecule has 4 rings (SSSR count). The number of Topliss-reactive ketones (excluding diaryl/α,β-unsaturated/α-hetero) is 1. The minimum Gasteiger partial charge on any atom is -0.339 e. The molecule has 0 radical (unpaired) electrons. The number of aromatic nitrogens is 2. The van der Waals surface area contributed by atoms with Gasteiger partial charge < -0.3 is 4.52 Å². The molecule has 2 heterocycles. The third-order valence-electron chi connectivity index (χ3n) is 4.99. The van der Waals surface area contributed by atoms with Crippen molar-refractivity contribution >= 4 is 17.5 Å². The summed E-state index contributed by atoms with van der Waals surface area (Å²) in [5.41, 5.74) is 2.29. The summed E-state index contributed by atoms with van der Waals surface area (Å²) in [4.78, 5) is 16.8. The molecule has 2 bridgehead atoms. The summed E-state index contributed by atoms with van der Waals surface area (Å²) in [6.45, 7) is 2.14. The number of aryl methyl sites for hydroxylation is 1. The van der Waals surface area contributed by atoms with Crippen LogP contribution in [-0.2, 0) is 11.2 Å². The van der Waals surface area contributed by atoms with Gasteiger partial charge in [0.05, 0.1) is 0 Å². The van der Waals surface area contributed by atoms with E-state index in [9.17, 15) is 4.79 Å². The van der Waals surface area contributed by atoms with Crippen molar-refractivity contribution in [2.24, 2.45) is 11.8 Å². The molecule has 0 amide bonds. The highest BCUT2D eigenvalue weighted by molar-refractivity contribution is 7.99. The number of carbonyl (C=O) groups excluding carboxylic acids is 1. The van der Waals surface area contributed by atoms with Crippen LogP contribution in [0.5, 0.6) is 0 Å². The minimum atomic E-state index is 0.177. The molecule has 1 saturated carbocycles. The number of thioether (sulfide) groups is 1. The zero-order valence-corrected chi connectivity index (χ0v) is 14.0. The summed E-state index contributed by atoms with van der Waals surface area (Å²) in [5, 5.41) is 4.15. The van der Waals surface area contributed by atoms with Gasteiger partial charge in [0, 0.05) is 34.8 Å². The molecule has 1 aromatic carbocycles. The molecule has 1 aliphatic carbocycles. The molecular weight excluding hydrogens is 308 g/mol. The average Bonchev–Trinajstić information content (AvgIpc) is 3.05. The van der Waals surface area contributed by atoms with Crippen molar-refractivity contribution in [1.29, 1.82) is 0 Å². The maximum Gasteiger partial charge on any atom is 0.230 e. The van der Waals surface area contributed by atoms with E-state index in [-0.39, 0.29) is 17.8 Å². The third kappa shape index (κ3) is 2.82. The Balaban J connectivity index is 1.54. The first-order valence-electron chi connectivity index (χ1n) is 8.29. The standard InChI is InChI=1S/C18H20N2O2S/c1-2-11-3-5-12(6-4-11)17-19-18(22-20-17)13-7-14-9-23-10-15(8-13)16(14)21/h3-6,13-15H,2,7-10H2,1H3. The van der Waals surface area contributed by atoms with Crippen LogP contribution in [0.1, 0.15) is 37.1 Å². The Morgan fingerprint density at radius 2 is 1.83 bits per heavy atom. The van der Waals surface area contributed by atoms with Crippen LogP contribution in [-0.4, -0.2) is 27.4 Å². The van der Waals surface area contributed by atoms with Gasteiger partial charge in [-0.15, -0.1) is 0 Å². The molecule has 23 heavy (non-hydrogen) atoms. The predicted molar refractivity (Wildman–Crippen MR) is 90.4 cm³/mol. The molecule has 2 aliphatic rings. The Bertz CT molecular complexity index is 694. The lowest BCUT2D eigenvalue weighted by Crippen LogP contribution is -2.38. The van der Waals surface area contributed by atoms with Crippen LogP contribution in [0.2, 0.25) is 0 Å². The van der Waals surface area contributed by atoms with Crippen molar-refractivity contribution in [3.63, 3.8) is 0 Å². The van der Waals surface area contributed by atoms with Crippen molar-refractivity contribution in [3.8, 4) is 11.4 Å². The number of rotatable bonds is 3. The van der Waals surface area contributed by atoms with E-state index in [2.05, 4.69) is 29.2 Å². The highest BCUT2D eigenvalue weighted by Crippen LogP contribution is 2.42. The number of fused-ring (bicyclic) bond motifs is 2. The van der Waals surface area contributed by atoms with Gasteiger partial charge in [-0.2, -0.15) is 16.7 Å². The van der Waals surface area contributed by atoms with Crippen molar-refractivity contribution in [1.82, 2.24) is 10.1 Å². The molecule has 120 valence electrons. The van der Waals surface area contributed by atoms with Crippen molar-refractivity contribution in [2.75, 3.05) is 11.5 Å². The number of benzene rings is 1. The Labute approximate surface area is 140 Å². The van der Waals surface area contributed by atoms with Gasteiger partial charge in [0.25, 0.3) is 0 Å². The topological polar surface area (TPSA) is 56.0 Å². The Hall–Kier alpha value is -1.62. The Morgan fingerprint density at radius 1 is 1.13 bits per heavy atom. The first-order valence-corrected chi connectivity index (χ1v) is 9.44. The smallest absolute Gasteiger partial charge is 0.230 e. The van der Waals surface area contributed by atoms with Crippen molar-refractivity contribution < 1.29 is 9.32 Å². The lowest BCUT2D eigenvalue weighted by atomic mass is 9.75. The van der Waals surface area contributed by atoms with E-state index in [1.165, 1.54) is 5.56 Å².